The quantitative estimate of drug-likeness (QED) is 0.253. The summed E-state index contributed by atoms with van der Waals surface area (Å²) in [5.41, 5.74) is 1.57. The van der Waals surface area contributed by atoms with Crippen molar-refractivity contribution in [2.24, 2.45) is 0 Å². The van der Waals surface area contributed by atoms with E-state index in [0.29, 0.717) is 27.2 Å². The summed E-state index contributed by atoms with van der Waals surface area (Å²) in [5.74, 6) is -0.546. The van der Waals surface area contributed by atoms with E-state index in [-0.39, 0.29) is 11.7 Å². The molecule has 3 aromatic rings. The lowest BCUT2D eigenvalue weighted by atomic mass is 10.1. The molecule has 0 saturated carbocycles. The minimum Gasteiger partial charge on any atom is -0.446 e. The van der Waals surface area contributed by atoms with Crippen LogP contribution in [0.4, 0.5) is 0 Å². The van der Waals surface area contributed by atoms with Gasteiger partial charge in [-0.2, -0.15) is 4.98 Å². The summed E-state index contributed by atoms with van der Waals surface area (Å²) in [6.07, 6.45) is -1.23. The van der Waals surface area contributed by atoms with Gasteiger partial charge in [0.2, 0.25) is 17.9 Å². The van der Waals surface area contributed by atoms with Crippen molar-refractivity contribution in [1.82, 2.24) is 15.3 Å². The highest BCUT2D eigenvalue weighted by molar-refractivity contribution is 7.99. The number of nitrogens with one attached hydrogen (secondary N) is 1. The maximum absolute atomic E-state index is 13.1. The first kappa shape index (κ1) is 21.5. The SMILES string of the molecule is Cc1cc(O[C@@H](NC(=O)c2ccccc2)C(=O)c2ccccc2)nc(SC(C)C)n1. The van der Waals surface area contributed by atoms with Gasteiger partial charge < -0.3 is 10.1 Å². The van der Waals surface area contributed by atoms with Crippen LogP contribution < -0.4 is 10.1 Å². The van der Waals surface area contributed by atoms with Crippen LogP contribution in [0.15, 0.2) is 71.9 Å². The van der Waals surface area contributed by atoms with E-state index in [1.165, 1.54) is 11.8 Å². The van der Waals surface area contributed by atoms with Crippen molar-refractivity contribution in [2.45, 2.75) is 37.4 Å². The van der Waals surface area contributed by atoms with E-state index >= 15 is 0 Å². The monoisotopic (exact) mass is 421 g/mol. The zero-order valence-corrected chi connectivity index (χ0v) is 17.8. The molecule has 1 atom stereocenters. The van der Waals surface area contributed by atoms with Crippen LogP contribution in [-0.2, 0) is 0 Å². The second-order valence-electron chi connectivity index (χ2n) is 6.86. The van der Waals surface area contributed by atoms with E-state index < -0.39 is 12.1 Å². The van der Waals surface area contributed by atoms with Gasteiger partial charge in [-0.1, -0.05) is 74.1 Å². The first-order valence-electron chi connectivity index (χ1n) is 9.56. The number of ketones is 1. The maximum atomic E-state index is 13.1. The molecule has 0 unspecified atom stereocenters. The van der Waals surface area contributed by atoms with Crippen LogP contribution in [0.1, 0.15) is 40.3 Å². The molecule has 6 nitrogen and oxygen atoms in total. The number of nitrogens with zero attached hydrogens (tertiary/aromatic N) is 2. The molecule has 0 aliphatic heterocycles. The number of ether oxygens (including phenoxy) is 1. The molecule has 1 heterocycles. The maximum Gasteiger partial charge on any atom is 0.254 e. The van der Waals surface area contributed by atoms with E-state index in [0.717, 1.165) is 0 Å². The molecular weight excluding hydrogens is 398 g/mol. The third kappa shape index (κ3) is 5.90. The Hall–Kier alpha value is -3.19. The fourth-order valence-electron chi connectivity index (χ4n) is 2.65. The smallest absolute Gasteiger partial charge is 0.254 e. The summed E-state index contributed by atoms with van der Waals surface area (Å²) < 4.78 is 5.88. The molecule has 0 aliphatic carbocycles. The first-order valence-corrected chi connectivity index (χ1v) is 10.4. The number of carbonyl (C=O) groups is 2. The molecule has 154 valence electrons. The number of Topliss-reactive ketones (excluding diaryl/α,β-unsaturated/α-hetero) is 1. The molecule has 0 spiro atoms. The number of carbonyl (C=O) groups excluding carboxylic acids is 2. The first-order chi connectivity index (χ1) is 14.4. The van der Waals surface area contributed by atoms with Gasteiger partial charge in [0.25, 0.3) is 5.91 Å². The van der Waals surface area contributed by atoms with E-state index in [9.17, 15) is 9.59 Å². The Morgan fingerprint density at radius 1 is 0.933 bits per heavy atom. The van der Waals surface area contributed by atoms with Gasteiger partial charge >= 0.3 is 0 Å². The number of benzene rings is 2. The molecule has 1 aromatic heterocycles. The molecule has 2 aromatic carbocycles. The number of aryl methyl sites for hydroxylation is 1. The Balaban J connectivity index is 1.88. The Labute approximate surface area is 180 Å². The second kappa shape index (κ2) is 10.0. The van der Waals surface area contributed by atoms with Crippen molar-refractivity contribution >= 4 is 23.5 Å². The molecule has 3 rings (SSSR count). The summed E-state index contributed by atoms with van der Waals surface area (Å²) in [6, 6.07) is 19.0. The van der Waals surface area contributed by atoms with Crippen molar-refractivity contribution in [3.8, 4) is 5.88 Å². The summed E-state index contributed by atoms with van der Waals surface area (Å²) in [6.45, 7) is 5.91. The molecule has 0 radical (unpaired) electrons. The van der Waals surface area contributed by atoms with Crippen molar-refractivity contribution in [3.05, 3.63) is 83.6 Å². The van der Waals surface area contributed by atoms with Crippen LogP contribution >= 0.6 is 11.8 Å². The summed E-state index contributed by atoms with van der Waals surface area (Å²) >= 11 is 1.49. The third-order valence-corrected chi connectivity index (χ3v) is 4.85. The van der Waals surface area contributed by atoms with E-state index in [4.69, 9.17) is 4.74 Å². The lowest BCUT2D eigenvalue weighted by Crippen LogP contribution is -2.45. The van der Waals surface area contributed by atoms with Crippen LogP contribution in [-0.4, -0.2) is 33.1 Å². The molecule has 0 saturated heterocycles. The molecule has 1 amide bonds. The fourth-order valence-corrected chi connectivity index (χ4v) is 3.41. The van der Waals surface area contributed by atoms with Crippen LogP contribution in [0.3, 0.4) is 0 Å². The number of rotatable bonds is 8. The minimum atomic E-state index is -1.23. The second-order valence-corrected chi connectivity index (χ2v) is 8.41. The van der Waals surface area contributed by atoms with Gasteiger partial charge in [0.1, 0.15) is 0 Å². The Bertz CT molecular complexity index is 1010. The average Bonchev–Trinajstić information content (AvgIpc) is 2.73. The molecule has 0 bridgehead atoms. The van der Waals surface area contributed by atoms with Gasteiger partial charge in [0.05, 0.1) is 0 Å². The number of hydrogen-bond donors (Lipinski definition) is 1. The number of hydrogen-bond acceptors (Lipinski definition) is 6. The van der Waals surface area contributed by atoms with Crippen molar-refractivity contribution in [3.63, 3.8) is 0 Å². The van der Waals surface area contributed by atoms with Crippen LogP contribution in [0.2, 0.25) is 0 Å². The highest BCUT2D eigenvalue weighted by atomic mass is 32.2. The molecule has 30 heavy (non-hydrogen) atoms. The number of thioether (sulfide) groups is 1. The Kier molecular flexibility index (Phi) is 7.19. The lowest BCUT2D eigenvalue weighted by molar-refractivity contribution is 0.0648. The predicted molar refractivity (Wildman–Crippen MR) is 117 cm³/mol. The topological polar surface area (TPSA) is 81.2 Å². The summed E-state index contributed by atoms with van der Waals surface area (Å²) in [5, 5.41) is 3.53. The fraction of sp³-hybridized carbons (Fsp3) is 0.217. The lowest BCUT2D eigenvalue weighted by Gasteiger charge is -2.19. The average molecular weight is 422 g/mol. The minimum absolute atomic E-state index is 0.230. The normalized spacial score (nSPS) is 11.7. The van der Waals surface area contributed by atoms with E-state index in [1.807, 2.05) is 32.9 Å². The summed E-state index contributed by atoms with van der Waals surface area (Å²) in [4.78, 5) is 34.5. The van der Waals surface area contributed by atoms with Crippen LogP contribution in [0.25, 0.3) is 0 Å². The van der Waals surface area contributed by atoms with Crippen LogP contribution in [0.5, 0.6) is 5.88 Å². The molecule has 1 N–H and O–H groups in total. The van der Waals surface area contributed by atoms with E-state index in [2.05, 4.69) is 15.3 Å². The van der Waals surface area contributed by atoms with Gasteiger partial charge in [-0.25, -0.2) is 4.98 Å². The Morgan fingerprint density at radius 3 is 2.13 bits per heavy atom. The largest absolute Gasteiger partial charge is 0.446 e. The molecule has 0 fully saturated rings. The zero-order valence-electron chi connectivity index (χ0n) is 17.0. The zero-order chi connectivity index (χ0) is 21.5. The molecule has 0 aliphatic rings. The molecular formula is C23H23N3O3S. The summed E-state index contributed by atoms with van der Waals surface area (Å²) in [7, 11) is 0. The van der Waals surface area contributed by atoms with Gasteiger partial charge in [0.15, 0.2) is 5.16 Å². The third-order valence-electron chi connectivity index (χ3n) is 3.98. The van der Waals surface area contributed by atoms with Crippen LogP contribution in [0, 0.1) is 6.92 Å². The van der Waals surface area contributed by atoms with Crippen molar-refractivity contribution < 1.29 is 14.3 Å². The van der Waals surface area contributed by atoms with Crippen molar-refractivity contribution in [2.75, 3.05) is 0 Å². The van der Waals surface area contributed by atoms with E-state index in [1.54, 1.807) is 54.6 Å². The predicted octanol–water partition coefficient (Wildman–Crippen LogP) is 4.30. The number of aromatic nitrogens is 2. The van der Waals surface area contributed by atoms with Gasteiger partial charge in [-0.15, -0.1) is 0 Å². The van der Waals surface area contributed by atoms with Gasteiger partial charge in [-0.05, 0) is 19.1 Å². The highest BCUT2D eigenvalue weighted by Gasteiger charge is 2.25. The standard InChI is InChI=1S/C23H23N3O3S/c1-15(2)30-23-24-16(3)14-19(25-23)29-22(20(27)17-10-6-4-7-11-17)26-21(28)18-12-8-5-9-13-18/h4-15,22H,1-3H3,(H,26,28)/t22-/m1/s1. The highest BCUT2D eigenvalue weighted by Crippen LogP contribution is 2.22. The molecule has 7 heteroatoms. The Morgan fingerprint density at radius 2 is 1.53 bits per heavy atom. The van der Waals surface area contributed by atoms with Gasteiger partial charge in [-0.3, -0.25) is 9.59 Å². The number of amides is 1. The van der Waals surface area contributed by atoms with Crippen molar-refractivity contribution in [1.29, 1.82) is 0 Å². The van der Waals surface area contributed by atoms with Gasteiger partial charge in [0, 0.05) is 28.1 Å².